The summed E-state index contributed by atoms with van der Waals surface area (Å²) in [7, 11) is 2.18. The van der Waals surface area contributed by atoms with Gasteiger partial charge < -0.3 is 10.0 Å². The molecule has 0 spiro atoms. The van der Waals surface area contributed by atoms with Crippen LogP contribution in [-0.2, 0) is 6.42 Å². The Kier molecular flexibility index (Phi) is 6.40. The van der Waals surface area contributed by atoms with Crippen molar-refractivity contribution in [1.82, 2.24) is 9.80 Å². The second-order valence-corrected chi connectivity index (χ2v) is 6.88. The van der Waals surface area contributed by atoms with E-state index in [0.29, 0.717) is 6.42 Å². The van der Waals surface area contributed by atoms with Crippen molar-refractivity contribution in [3.8, 4) is 0 Å². The number of nitrogens with zero attached hydrogens (tertiary/aromatic N) is 2. The second kappa shape index (κ2) is 8.95. The second-order valence-electron chi connectivity index (χ2n) is 6.88. The van der Waals surface area contributed by atoms with Gasteiger partial charge in [0.05, 0.1) is 6.10 Å². The molecule has 3 heteroatoms. The van der Waals surface area contributed by atoms with Gasteiger partial charge in [-0.05, 0) is 23.7 Å². The Morgan fingerprint density at radius 2 is 1.64 bits per heavy atom. The molecule has 3 rings (SSSR count). The highest BCUT2D eigenvalue weighted by atomic mass is 16.3. The molecule has 25 heavy (non-hydrogen) atoms. The lowest BCUT2D eigenvalue weighted by atomic mass is 10.0. The van der Waals surface area contributed by atoms with Gasteiger partial charge in [-0.3, -0.25) is 4.90 Å². The van der Waals surface area contributed by atoms with E-state index in [9.17, 15) is 5.11 Å². The van der Waals surface area contributed by atoms with Crippen LogP contribution < -0.4 is 0 Å². The van der Waals surface area contributed by atoms with Gasteiger partial charge in [0.25, 0.3) is 0 Å². The first-order valence-corrected chi connectivity index (χ1v) is 9.10. The molecule has 0 bridgehead atoms. The number of rotatable bonds is 6. The number of hydrogen-bond acceptors (Lipinski definition) is 3. The molecule has 1 aliphatic heterocycles. The maximum absolute atomic E-state index is 10.4. The molecule has 1 fully saturated rings. The zero-order chi connectivity index (χ0) is 17.5. The lowest BCUT2D eigenvalue weighted by molar-refractivity contribution is 0.167. The van der Waals surface area contributed by atoms with Crippen LogP contribution in [0.25, 0.3) is 6.08 Å². The van der Waals surface area contributed by atoms with Crippen LogP contribution in [-0.4, -0.2) is 54.7 Å². The Bertz CT molecular complexity index is 658. The van der Waals surface area contributed by atoms with Crippen LogP contribution >= 0.6 is 0 Å². The molecule has 0 radical (unpaired) electrons. The Hall–Kier alpha value is -1.94. The van der Waals surface area contributed by atoms with Crippen molar-refractivity contribution in [2.45, 2.75) is 12.5 Å². The van der Waals surface area contributed by atoms with E-state index in [4.69, 9.17) is 0 Å². The lowest BCUT2D eigenvalue weighted by Crippen LogP contribution is -2.44. The van der Waals surface area contributed by atoms with Crippen LogP contribution in [0.15, 0.2) is 60.7 Å². The fourth-order valence-corrected chi connectivity index (χ4v) is 3.15. The minimum Gasteiger partial charge on any atom is -0.388 e. The maximum Gasteiger partial charge on any atom is 0.0830 e. The van der Waals surface area contributed by atoms with Crippen molar-refractivity contribution in [1.29, 1.82) is 0 Å². The van der Waals surface area contributed by atoms with Crippen LogP contribution in [0.4, 0.5) is 0 Å². The molecule has 0 amide bonds. The number of aliphatic hydroxyl groups is 1. The van der Waals surface area contributed by atoms with E-state index in [1.54, 1.807) is 0 Å². The Labute approximate surface area is 151 Å². The van der Waals surface area contributed by atoms with Crippen molar-refractivity contribution in [2.75, 3.05) is 39.8 Å². The molecular weight excluding hydrogens is 308 g/mol. The largest absolute Gasteiger partial charge is 0.388 e. The number of benzene rings is 2. The Balaban J connectivity index is 1.50. The first kappa shape index (κ1) is 17.9. The predicted molar refractivity (Wildman–Crippen MR) is 105 cm³/mol. The van der Waals surface area contributed by atoms with Crippen LogP contribution in [0.5, 0.6) is 0 Å². The molecule has 132 valence electrons. The average molecular weight is 336 g/mol. The van der Waals surface area contributed by atoms with E-state index >= 15 is 0 Å². The maximum atomic E-state index is 10.4. The third-order valence-corrected chi connectivity index (χ3v) is 4.86. The third kappa shape index (κ3) is 5.53. The first-order valence-electron chi connectivity index (χ1n) is 9.10. The SMILES string of the molecule is CN1CCN(C/C=C/c2ccc(C(O)Cc3ccccc3)cc2)CC1. The highest BCUT2D eigenvalue weighted by Crippen LogP contribution is 2.19. The average Bonchev–Trinajstić information content (AvgIpc) is 2.65. The number of aliphatic hydroxyl groups excluding tert-OH is 1. The monoisotopic (exact) mass is 336 g/mol. The molecule has 1 heterocycles. The highest BCUT2D eigenvalue weighted by Gasteiger charge is 2.11. The summed E-state index contributed by atoms with van der Waals surface area (Å²) in [4.78, 5) is 4.86. The van der Waals surface area contributed by atoms with Gasteiger partial charge in [-0.15, -0.1) is 0 Å². The zero-order valence-corrected chi connectivity index (χ0v) is 15.0. The van der Waals surface area contributed by atoms with Crippen molar-refractivity contribution in [3.05, 3.63) is 77.4 Å². The van der Waals surface area contributed by atoms with Crippen LogP contribution in [0.3, 0.4) is 0 Å². The molecular formula is C22H28N2O. The number of likely N-dealkylation sites (N-methyl/N-ethyl adjacent to an activating group) is 1. The molecule has 0 saturated carbocycles. The number of piperazine rings is 1. The van der Waals surface area contributed by atoms with Gasteiger partial charge in [0.1, 0.15) is 0 Å². The summed E-state index contributed by atoms with van der Waals surface area (Å²) in [5.41, 5.74) is 3.32. The van der Waals surface area contributed by atoms with Crippen molar-refractivity contribution in [3.63, 3.8) is 0 Å². The summed E-state index contributed by atoms with van der Waals surface area (Å²) in [5, 5.41) is 10.4. The molecule has 1 N–H and O–H groups in total. The van der Waals surface area contributed by atoms with Gasteiger partial charge in [-0.1, -0.05) is 66.7 Å². The van der Waals surface area contributed by atoms with Crippen molar-refractivity contribution in [2.24, 2.45) is 0 Å². The zero-order valence-electron chi connectivity index (χ0n) is 15.0. The van der Waals surface area contributed by atoms with Crippen molar-refractivity contribution < 1.29 is 5.11 Å². The van der Waals surface area contributed by atoms with Gasteiger partial charge in [-0.25, -0.2) is 0 Å². The fourth-order valence-electron chi connectivity index (χ4n) is 3.15. The molecule has 1 saturated heterocycles. The molecule has 1 unspecified atom stereocenters. The van der Waals surface area contributed by atoms with E-state index < -0.39 is 6.10 Å². The minimum atomic E-state index is -0.453. The predicted octanol–water partition coefficient (Wildman–Crippen LogP) is 3.22. The van der Waals surface area contributed by atoms with Gasteiger partial charge in [-0.2, -0.15) is 0 Å². The molecule has 2 aromatic carbocycles. The van der Waals surface area contributed by atoms with E-state index in [1.165, 1.54) is 5.56 Å². The van der Waals surface area contributed by atoms with Crippen molar-refractivity contribution >= 4 is 6.08 Å². The summed E-state index contributed by atoms with van der Waals surface area (Å²) in [6.07, 6.45) is 4.61. The van der Waals surface area contributed by atoms with E-state index in [2.05, 4.69) is 53.3 Å². The Morgan fingerprint density at radius 3 is 2.32 bits per heavy atom. The van der Waals surface area contributed by atoms with Crippen LogP contribution in [0, 0.1) is 0 Å². The van der Waals surface area contributed by atoms with Gasteiger partial charge >= 0.3 is 0 Å². The molecule has 0 aromatic heterocycles. The van der Waals surface area contributed by atoms with E-state index in [0.717, 1.165) is 43.9 Å². The summed E-state index contributed by atoms with van der Waals surface area (Å²) >= 11 is 0. The first-order chi connectivity index (χ1) is 12.2. The standard InChI is InChI=1S/C22H28N2O/c1-23-14-16-24(17-15-23)13-5-8-19-9-11-21(12-10-19)22(25)18-20-6-3-2-4-7-20/h2-12,22,25H,13-18H2,1H3/b8-5+. The fraction of sp³-hybridized carbons (Fsp3) is 0.364. The molecule has 1 aliphatic rings. The molecule has 1 atom stereocenters. The lowest BCUT2D eigenvalue weighted by Gasteiger charge is -2.31. The van der Waals surface area contributed by atoms with Gasteiger partial charge in [0.2, 0.25) is 0 Å². The minimum absolute atomic E-state index is 0.453. The number of hydrogen-bond donors (Lipinski definition) is 1. The summed E-state index contributed by atoms with van der Waals surface area (Å²) in [6.45, 7) is 5.60. The molecule has 2 aromatic rings. The van der Waals surface area contributed by atoms with E-state index in [1.807, 2.05) is 30.3 Å². The summed E-state index contributed by atoms with van der Waals surface area (Å²) in [6, 6.07) is 18.4. The summed E-state index contributed by atoms with van der Waals surface area (Å²) < 4.78 is 0. The van der Waals surface area contributed by atoms with Crippen LogP contribution in [0.2, 0.25) is 0 Å². The van der Waals surface area contributed by atoms with Gasteiger partial charge in [0.15, 0.2) is 0 Å². The highest BCUT2D eigenvalue weighted by molar-refractivity contribution is 5.50. The Morgan fingerprint density at radius 1 is 0.960 bits per heavy atom. The molecule has 0 aliphatic carbocycles. The summed E-state index contributed by atoms with van der Waals surface area (Å²) in [5.74, 6) is 0. The van der Waals surface area contributed by atoms with Gasteiger partial charge in [0, 0.05) is 39.1 Å². The van der Waals surface area contributed by atoms with E-state index in [-0.39, 0.29) is 0 Å². The van der Waals surface area contributed by atoms with Crippen LogP contribution in [0.1, 0.15) is 22.8 Å². The smallest absolute Gasteiger partial charge is 0.0830 e. The topological polar surface area (TPSA) is 26.7 Å². The third-order valence-electron chi connectivity index (χ3n) is 4.86. The quantitative estimate of drug-likeness (QED) is 0.877. The molecule has 3 nitrogen and oxygen atoms in total. The normalized spacial score (nSPS) is 17.8.